The Morgan fingerprint density at radius 2 is 2.00 bits per heavy atom. The second kappa shape index (κ2) is 7.49. The Hall–Kier alpha value is -1.28. The lowest BCUT2D eigenvalue weighted by atomic mass is 10.2. The molecule has 1 saturated heterocycles. The van der Waals surface area contributed by atoms with Crippen LogP contribution in [0.4, 0.5) is 0 Å². The van der Waals surface area contributed by atoms with Crippen LogP contribution in [0.2, 0.25) is 0 Å². The number of nitrogens with zero attached hydrogens (tertiary/aromatic N) is 1. The van der Waals surface area contributed by atoms with Crippen LogP contribution >= 0.6 is 11.8 Å². The predicted octanol–water partition coefficient (Wildman–Crippen LogP) is -0.445. The van der Waals surface area contributed by atoms with Crippen LogP contribution in [0, 0.1) is 0 Å². The highest BCUT2D eigenvalue weighted by Crippen LogP contribution is 2.17. The van der Waals surface area contributed by atoms with Crippen LogP contribution in [0.1, 0.15) is 13.8 Å². The van der Waals surface area contributed by atoms with Crippen LogP contribution in [0.15, 0.2) is 0 Å². The molecule has 7 nitrogen and oxygen atoms in total. The molecule has 2 N–H and O–H groups in total. The summed E-state index contributed by atoms with van der Waals surface area (Å²) in [5.41, 5.74) is 0. The van der Waals surface area contributed by atoms with Gasteiger partial charge >= 0.3 is 11.9 Å². The van der Waals surface area contributed by atoms with E-state index in [-0.39, 0.29) is 5.91 Å². The van der Waals surface area contributed by atoms with E-state index in [0.717, 1.165) is 5.75 Å². The molecule has 1 fully saturated rings. The Labute approximate surface area is 122 Å². The molecule has 1 heterocycles. The van der Waals surface area contributed by atoms with Gasteiger partial charge in [0.2, 0.25) is 5.91 Å². The molecule has 114 valence electrons. The highest BCUT2D eigenvalue weighted by Gasteiger charge is 2.35. The van der Waals surface area contributed by atoms with E-state index < -0.39 is 30.1 Å². The highest BCUT2D eigenvalue weighted by molar-refractivity contribution is 7.99. The molecular weight excluding hydrogens is 284 g/mol. The Bertz CT molecular complexity index is 390. The Kier molecular flexibility index (Phi) is 6.28. The Balaban J connectivity index is 2.67. The van der Waals surface area contributed by atoms with E-state index >= 15 is 0 Å². The van der Waals surface area contributed by atoms with Crippen LogP contribution in [-0.2, 0) is 19.1 Å². The topological polar surface area (TPSA) is 95.9 Å². The number of rotatable bonds is 5. The summed E-state index contributed by atoms with van der Waals surface area (Å²) in [6.45, 7) is 3.61. The number of carbonyl (C=O) groups is 3. The maximum atomic E-state index is 12.3. The summed E-state index contributed by atoms with van der Waals surface area (Å²) in [4.78, 5) is 36.1. The number of nitrogens with one attached hydrogen (secondary N) is 1. The summed E-state index contributed by atoms with van der Waals surface area (Å²) >= 11 is 1.52. The molecule has 0 saturated carbocycles. The molecule has 0 bridgehead atoms. The minimum atomic E-state index is -1.00. The third-order valence-corrected chi connectivity index (χ3v) is 4.14. The molecule has 3 unspecified atom stereocenters. The smallest absolute Gasteiger partial charge is 0.327 e. The number of thioether (sulfide) groups is 1. The van der Waals surface area contributed by atoms with E-state index in [0.29, 0.717) is 12.3 Å². The normalized spacial score (nSPS) is 21.9. The molecule has 8 heteroatoms. The van der Waals surface area contributed by atoms with E-state index in [2.05, 4.69) is 10.1 Å². The Morgan fingerprint density at radius 1 is 1.35 bits per heavy atom. The number of aliphatic carboxylic acids is 1. The van der Waals surface area contributed by atoms with Crippen LogP contribution in [-0.4, -0.2) is 71.1 Å². The van der Waals surface area contributed by atoms with Crippen molar-refractivity contribution in [3.05, 3.63) is 0 Å². The molecule has 0 radical (unpaired) electrons. The predicted molar refractivity (Wildman–Crippen MR) is 74.5 cm³/mol. The van der Waals surface area contributed by atoms with Gasteiger partial charge in [-0.25, -0.2) is 4.79 Å². The molecule has 0 aromatic carbocycles. The lowest BCUT2D eigenvalue weighted by Gasteiger charge is -2.34. The van der Waals surface area contributed by atoms with E-state index in [1.807, 2.05) is 0 Å². The number of hydrogen-bond acceptors (Lipinski definition) is 6. The molecule has 1 aliphatic heterocycles. The molecule has 3 atom stereocenters. The fraction of sp³-hybridized carbons (Fsp3) is 0.750. The number of amides is 1. The molecule has 20 heavy (non-hydrogen) atoms. The van der Waals surface area contributed by atoms with Gasteiger partial charge < -0.3 is 14.7 Å². The maximum absolute atomic E-state index is 12.3. The summed E-state index contributed by atoms with van der Waals surface area (Å²) < 4.78 is 4.57. The first kappa shape index (κ1) is 16.8. The fourth-order valence-corrected chi connectivity index (χ4v) is 3.05. The van der Waals surface area contributed by atoms with Crippen molar-refractivity contribution in [1.29, 1.82) is 0 Å². The minimum absolute atomic E-state index is 0.312. The van der Waals surface area contributed by atoms with Gasteiger partial charge in [-0.05, 0) is 13.8 Å². The van der Waals surface area contributed by atoms with Gasteiger partial charge in [-0.3, -0.25) is 14.9 Å². The zero-order valence-corrected chi connectivity index (χ0v) is 12.6. The van der Waals surface area contributed by atoms with E-state index in [4.69, 9.17) is 5.11 Å². The number of carboxylic acid groups (broad SMARTS) is 1. The summed E-state index contributed by atoms with van der Waals surface area (Å²) in [6.07, 6.45) is 0. The third kappa shape index (κ3) is 4.11. The number of carbonyl (C=O) groups excluding carboxylic acids is 2. The van der Waals surface area contributed by atoms with E-state index in [1.54, 1.807) is 13.8 Å². The van der Waals surface area contributed by atoms with Gasteiger partial charge in [0.15, 0.2) is 0 Å². The fourth-order valence-electron chi connectivity index (χ4n) is 2.01. The zero-order chi connectivity index (χ0) is 15.3. The number of esters is 1. The molecule has 1 amide bonds. The van der Waals surface area contributed by atoms with Gasteiger partial charge in [0, 0.05) is 18.1 Å². The SMILES string of the molecule is COC(=O)C(C)NC(C)C(=O)N1CCSCC1C(=O)O. The molecular formula is C12H20N2O5S. The van der Waals surface area contributed by atoms with Gasteiger partial charge in [0.1, 0.15) is 12.1 Å². The second-order valence-corrected chi connectivity index (χ2v) is 5.74. The number of ether oxygens (including phenoxy) is 1. The second-order valence-electron chi connectivity index (χ2n) is 4.59. The maximum Gasteiger partial charge on any atom is 0.327 e. The molecule has 1 rings (SSSR count). The van der Waals surface area contributed by atoms with Gasteiger partial charge in [-0.2, -0.15) is 11.8 Å². The Morgan fingerprint density at radius 3 is 2.55 bits per heavy atom. The first-order valence-electron chi connectivity index (χ1n) is 6.33. The highest BCUT2D eigenvalue weighted by atomic mass is 32.2. The number of methoxy groups -OCH3 is 1. The largest absolute Gasteiger partial charge is 0.480 e. The van der Waals surface area contributed by atoms with Gasteiger partial charge in [-0.1, -0.05) is 0 Å². The molecule has 0 aromatic heterocycles. The van der Waals surface area contributed by atoms with Crippen LogP contribution in [0.5, 0.6) is 0 Å². The lowest BCUT2D eigenvalue weighted by Crippen LogP contribution is -2.57. The van der Waals surface area contributed by atoms with Crippen LogP contribution < -0.4 is 5.32 Å². The first-order chi connectivity index (χ1) is 9.38. The minimum Gasteiger partial charge on any atom is -0.480 e. The summed E-state index contributed by atoms with van der Waals surface area (Å²) in [7, 11) is 1.27. The summed E-state index contributed by atoms with van der Waals surface area (Å²) in [6, 6.07) is -2.07. The first-order valence-corrected chi connectivity index (χ1v) is 7.48. The molecule has 0 aromatic rings. The lowest BCUT2D eigenvalue weighted by molar-refractivity contribution is -0.150. The van der Waals surface area contributed by atoms with Crippen molar-refractivity contribution >= 4 is 29.6 Å². The van der Waals surface area contributed by atoms with Gasteiger partial charge in [0.05, 0.1) is 13.2 Å². The van der Waals surface area contributed by atoms with Crippen molar-refractivity contribution in [3.8, 4) is 0 Å². The van der Waals surface area contributed by atoms with Crippen molar-refractivity contribution in [2.75, 3.05) is 25.2 Å². The van der Waals surface area contributed by atoms with Crippen molar-refractivity contribution in [3.63, 3.8) is 0 Å². The molecule has 1 aliphatic rings. The van der Waals surface area contributed by atoms with Crippen molar-refractivity contribution in [2.24, 2.45) is 0 Å². The van der Waals surface area contributed by atoms with Crippen molar-refractivity contribution < 1.29 is 24.2 Å². The zero-order valence-electron chi connectivity index (χ0n) is 11.8. The summed E-state index contributed by atoms with van der Waals surface area (Å²) in [5, 5.41) is 12.0. The molecule has 0 spiro atoms. The van der Waals surface area contributed by atoms with Crippen LogP contribution in [0.3, 0.4) is 0 Å². The van der Waals surface area contributed by atoms with Gasteiger partial charge in [0.25, 0.3) is 0 Å². The van der Waals surface area contributed by atoms with Crippen molar-refractivity contribution in [2.45, 2.75) is 32.0 Å². The van der Waals surface area contributed by atoms with Crippen molar-refractivity contribution in [1.82, 2.24) is 10.2 Å². The average Bonchev–Trinajstić information content (AvgIpc) is 2.45. The third-order valence-electron chi connectivity index (χ3n) is 3.12. The van der Waals surface area contributed by atoms with E-state index in [9.17, 15) is 14.4 Å². The van der Waals surface area contributed by atoms with Gasteiger partial charge in [-0.15, -0.1) is 0 Å². The summed E-state index contributed by atoms with van der Waals surface area (Å²) in [5.74, 6) is -0.671. The monoisotopic (exact) mass is 304 g/mol. The number of hydrogen-bond donors (Lipinski definition) is 2. The quantitative estimate of drug-likeness (QED) is 0.664. The van der Waals surface area contributed by atoms with Crippen LogP contribution in [0.25, 0.3) is 0 Å². The molecule has 0 aliphatic carbocycles. The number of carboxylic acids is 1. The average molecular weight is 304 g/mol. The standard InChI is InChI=1S/C12H20N2O5S/c1-7(13-8(2)12(18)19-3)10(15)14-4-5-20-6-9(14)11(16)17/h7-9,13H,4-6H2,1-3H3,(H,16,17). The van der Waals surface area contributed by atoms with E-state index in [1.165, 1.54) is 23.8 Å².